The van der Waals surface area contributed by atoms with E-state index in [9.17, 15) is 0 Å². The zero-order valence-corrected chi connectivity index (χ0v) is 15.8. The SMILES string of the molecule is CCC(C)Oc1ccc(OCC2COC(CC)(c3ccccc3)O2)cc1. The first-order valence-corrected chi connectivity index (χ1v) is 9.42. The highest BCUT2D eigenvalue weighted by Crippen LogP contribution is 2.37. The molecule has 3 rings (SSSR count). The lowest BCUT2D eigenvalue weighted by Gasteiger charge is -2.27. The fourth-order valence-corrected chi connectivity index (χ4v) is 3.00. The molecule has 0 spiro atoms. The van der Waals surface area contributed by atoms with Crippen molar-refractivity contribution in [3.63, 3.8) is 0 Å². The van der Waals surface area contributed by atoms with Crippen LogP contribution in [0.4, 0.5) is 0 Å². The fraction of sp³-hybridized carbons (Fsp3) is 0.455. The van der Waals surface area contributed by atoms with Gasteiger partial charge in [-0.15, -0.1) is 0 Å². The first-order valence-electron chi connectivity index (χ1n) is 9.42. The van der Waals surface area contributed by atoms with Crippen LogP contribution >= 0.6 is 0 Å². The Hall–Kier alpha value is -2.04. The molecule has 0 bridgehead atoms. The topological polar surface area (TPSA) is 36.9 Å². The molecule has 1 aliphatic heterocycles. The van der Waals surface area contributed by atoms with E-state index in [-0.39, 0.29) is 12.2 Å². The summed E-state index contributed by atoms with van der Waals surface area (Å²) in [6, 6.07) is 17.8. The lowest BCUT2D eigenvalue weighted by Crippen LogP contribution is -2.28. The Balaban J connectivity index is 1.54. The van der Waals surface area contributed by atoms with Gasteiger partial charge in [-0.3, -0.25) is 0 Å². The lowest BCUT2D eigenvalue weighted by molar-refractivity contribution is -0.181. The Morgan fingerprint density at radius 3 is 2.38 bits per heavy atom. The zero-order valence-electron chi connectivity index (χ0n) is 15.8. The maximum Gasteiger partial charge on any atom is 0.195 e. The van der Waals surface area contributed by atoms with Crippen LogP contribution in [0, 0.1) is 0 Å². The third-order valence-electron chi connectivity index (χ3n) is 4.71. The summed E-state index contributed by atoms with van der Waals surface area (Å²) in [5, 5.41) is 0. The molecule has 3 atom stereocenters. The number of hydrogen-bond donors (Lipinski definition) is 0. The van der Waals surface area contributed by atoms with E-state index in [1.54, 1.807) is 0 Å². The summed E-state index contributed by atoms with van der Waals surface area (Å²) in [7, 11) is 0. The van der Waals surface area contributed by atoms with E-state index < -0.39 is 5.79 Å². The maximum atomic E-state index is 6.22. The van der Waals surface area contributed by atoms with Crippen LogP contribution in [-0.4, -0.2) is 25.4 Å². The van der Waals surface area contributed by atoms with Gasteiger partial charge >= 0.3 is 0 Å². The Kier molecular flexibility index (Phi) is 6.17. The summed E-state index contributed by atoms with van der Waals surface area (Å²) in [4.78, 5) is 0. The van der Waals surface area contributed by atoms with Gasteiger partial charge in [0.15, 0.2) is 5.79 Å². The number of benzene rings is 2. The molecule has 2 aromatic carbocycles. The highest BCUT2D eigenvalue weighted by atomic mass is 16.8. The van der Waals surface area contributed by atoms with Gasteiger partial charge in [0, 0.05) is 12.0 Å². The van der Waals surface area contributed by atoms with Crippen molar-refractivity contribution in [1.82, 2.24) is 0 Å². The van der Waals surface area contributed by atoms with E-state index in [1.807, 2.05) is 54.6 Å². The summed E-state index contributed by atoms with van der Waals surface area (Å²) in [5.74, 6) is 1.00. The third kappa shape index (κ3) is 4.37. The Labute approximate surface area is 156 Å². The fourth-order valence-electron chi connectivity index (χ4n) is 3.00. The van der Waals surface area contributed by atoms with E-state index in [2.05, 4.69) is 20.8 Å². The normalized spacial score (nSPS) is 23.6. The zero-order chi connectivity index (χ0) is 18.4. The van der Waals surface area contributed by atoms with E-state index in [1.165, 1.54) is 0 Å². The van der Waals surface area contributed by atoms with Gasteiger partial charge < -0.3 is 18.9 Å². The van der Waals surface area contributed by atoms with E-state index in [0.29, 0.717) is 13.2 Å². The van der Waals surface area contributed by atoms with Crippen molar-refractivity contribution in [1.29, 1.82) is 0 Å². The van der Waals surface area contributed by atoms with Crippen molar-refractivity contribution in [3.8, 4) is 11.5 Å². The van der Waals surface area contributed by atoms with Gasteiger partial charge in [-0.2, -0.15) is 0 Å². The van der Waals surface area contributed by atoms with Crippen molar-refractivity contribution >= 4 is 0 Å². The largest absolute Gasteiger partial charge is 0.491 e. The molecule has 1 aliphatic rings. The second-order valence-electron chi connectivity index (χ2n) is 6.64. The van der Waals surface area contributed by atoms with Crippen LogP contribution in [0.1, 0.15) is 39.2 Å². The molecule has 1 heterocycles. The Morgan fingerprint density at radius 1 is 1.04 bits per heavy atom. The van der Waals surface area contributed by atoms with Crippen LogP contribution in [0.25, 0.3) is 0 Å². The van der Waals surface area contributed by atoms with Crippen LogP contribution in [0.5, 0.6) is 11.5 Å². The molecule has 0 amide bonds. The molecule has 0 N–H and O–H groups in total. The third-order valence-corrected chi connectivity index (χ3v) is 4.71. The van der Waals surface area contributed by atoms with Gasteiger partial charge in [0.2, 0.25) is 0 Å². The van der Waals surface area contributed by atoms with Crippen molar-refractivity contribution in [2.24, 2.45) is 0 Å². The van der Waals surface area contributed by atoms with Crippen molar-refractivity contribution in [2.45, 2.75) is 51.6 Å². The van der Waals surface area contributed by atoms with Crippen LogP contribution in [0.3, 0.4) is 0 Å². The average Bonchev–Trinajstić information content (AvgIpc) is 3.13. The molecule has 26 heavy (non-hydrogen) atoms. The maximum absolute atomic E-state index is 6.22. The van der Waals surface area contributed by atoms with Crippen molar-refractivity contribution in [2.75, 3.05) is 13.2 Å². The van der Waals surface area contributed by atoms with Crippen LogP contribution in [-0.2, 0) is 15.3 Å². The lowest BCUT2D eigenvalue weighted by atomic mass is 10.0. The van der Waals surface area contributed by atoms with Crippen LogP contribution < -0.4 is 9.47 Å². The minimum absolute atomic E-state index is 0.0915. The smallest absolute Gasteiger partial charge is 0.195 e. The van der Waals surface area contributed by atoms with Crippen LogP contribution in [0.2, 0.25) is 0 Å². The minimum atomic E-state index is -0.663. The highest BCUT2D eigenvalue weighted by Gasteiger charge is 2.41. The highest BCUT2D eigenvalue weighted by molar-refractivity contribution is 5.31. The molecule has 0 saturated carbocycles. The minimum Gasteiger partial charge on any atom is -0.491 e. The Morgan fingerprint density at radius 2 is 1.73 bits per heavy atom. The molecule has 140 valence electrons. The summed E-state index contributed by atoms with van der Waals surface area (Å²) < 4.78 is 23.9. The van der Waals surface area contributed by atoms with Gasteiger partial charge in [0.25, 0.3) is 0 Å². The van der Waals surface area contributed by atoms with E-state index in [0.717, 1.165) is 29.9 Å². The number of rotatable bonds is 8. The molecule has 3 unspecified atom stereocenters. The van der Waals surface area contributed by atoms with Gasteiger partial charge in [0.1, 0.15) is 24.2 Å². The van der Waals surface area contributed by atoms with Gasteiger partial charge in [-0.25, -0.2) is 0 Å². The molecular formula is C22H28O4. The average molecular weight is 356 g/mol. The summed E-state index contributed by atoms with van der Waals surface area (Å²) in [5.41, 5.74) is 1.05. The van der Waals surface area contributed by atoms with Crippen molar-refractivity contribution < 1.29 is 18.9 Å². The molecule has 1 fully saturated rings. The van der Waals surface area contributed by atoms with E-state index >= 15 is 0 Å². The number of hydrogen-bond acceptors (Lipinski definition) is 4. The molecule has 0 aliphatic carbocycles. The van der Waals surface area contributed by atoms with Crippen LogP contribution in [0.15, 0.2) is 54.6 Å². The first-order chi connectivity index (χ1) is 12.6. The molecular weight excluding hydrogens is 328 g/mol. The molecule has 4 heteroatoms. The van der Waals surface area contributed by atoms with Crippen molar-refractivity contribution in [3.05, 3.63) is 60.2 Å². The Bertz CT molecular complexity index is 670. The molecule has 0 aromatic heterocycles. The second kappa shape index (κ2) is 8.56. The molecule has 0 radical (unpaired) electrons. The quantitative estimate of drug-likeness (QED) is 0.673. The predicted octanol–water partition coefficient (Wildman–Crippen LogP) is 4.92. The predicted molar refractivity (Wildman–Crippen MR) is 102 cm³/mol. The molecule has 1 saturated heterocycles. The standard InChI is InChI=1S/C22H28O4/c1-4-17(3)25-20-13-11-19(12-14-20)23-15-21-16-24-22(5-2,26-21)18-9-7-6-8-10-18/h6-14,17,21H,4-5,15-16H2,1-3H3. The van der Waals surface area contributed by atoms with E-state index in [4.69, 9.17) is 18.9 Å². The molecule has 2 aromatic rings. The monoisotopic (exact) mass is 356 g/mol. The summed E-state index contributed by atoms with van der Waals surface area (Å²) >= 11 is 0. The number of ether oxygens (including phenoxy) is 4. The van der Waals surface area contributed by atoms with Gasteiger partial charge in [-0.05, 0) is 37.6 Å². The summed E-state index contributed by atoms with van der Waals surface area (Å²) in [6.07, 6.45) is 1.87. The first kappa shape index (κ1) is 18.7. The second-order valence-corrected chi connectivity index (χ2v) is 6.64. The van der Waals surface area contributed by atoms with Gasteiger partial charge in [-0.1, -0.05) is 44.2 Å². The summed E-state index contributed by atoms with van der Waals surface area (Å²) in [6.45, 7) is 7.23. The molecule has 4 nitrogen and oxygen atoms in total. The van der Waals surface area contributed by atoms with Gasteiger partial charge in [0.05, 0.1) is 12.7 Å².